The second-order valence-corrected chi connectivity index (χ2v) is 8.99. The molecule has 0 radical (unpaired) electrons. The number of benzene rings is 1. The topological polar surface area (TPSA) is 48.5 Å². The molecular weight excluding hydrogens is 415 g/mol. The van der Waals surface area contributed by atoms with Crippen LogP contribution in [0.1, 0.15) is 48.9 Å². The summed E-state index contributed by atoms with van der Waals surface area (Å²) in [6, 6.07) is 7.64. The molecule has 0 saturated carbocycles. The second-order valence-electron chi connectivity index (χ2n) is 8.58. The number of halogens is 2. The van der Waals surface area contributed by atoms with Gasteiger partial charge in [0.15, 0.2) is 5.82 Å². The van der Waals surface area contributed by atoms with Gasteiger partial charge in [-0.2, -0.15) is 0 Å². The zero-order chi connectivity index (χ0) is 21.6. The molecule has 166 valence electrons. The van der Waals surface area contributed by atoms with Gasteiger partial charge in [0, 0.05) is 24.8 Å². The van der Waals surface area contributed by atoms with E-state index in [9.17, 15) is 9.18 Å². The Bertz CT molecular complexity index is 895. The second kappa shape index (κ2) is 10.4. The number of piperidine rings is 2. The maximum atomic E-state index is 13.4. The molecule has 2 aliphatic heterocycles. The van der Waals surface area contributed by atoms with Gasteiger partial charge in [-0.1, -0.05) is 18.0 Å². The molecule has 5 nitrogen and oxygen atoms in total. The maximum absolute atomic E-state index is 13.4. The number of likely N-dealkylation sites (tertiary alicyclic amines) is 1. The van der Waals surface area contributed by atoms with Gasteiger partial charge >= 0.3 is 0 Å². The van der Waals surface area contributed by atoms with Crippen LogP contribution in [0.4, 0.5) is 15.9 Å². The highest BCUT2D eigenvalue weighted by Crippen LogP contribution is 2.29. The van der Waals surface area contributed by atoms with Gasteiger partial charge in [0.25, 0.3) is 5.91 Å². The summed E-state index contributed by atoms with van der Waals surface area (Å²) in [5, 5.41) is 2.86. The lowest BCUT2D eigenvalue weighted by molar-refractivity contribution is 0.102. The fourth-order valence-electron chi connectivity index (χ4n) is 4.56. The van der Waals surface area contributed by atoms with E-state index >= 15 is 0 Å². The third-order valence-electron chi connectivity index (χ3n) is 6.43. The Hall–Kier alpha value is -2.18. The molecule has 0 bridgehead atoms. The van der Waals surface area contributed by atoms with Crippen LogP contribution in [0.5, 0.6) is 0 Å². The minimum atomic E-state index is -0.538. The number of aromatic nitrogens is 1. The number of carbonyl (C=O) groups is 1. The number of nitrogens with zero attached hydrogens (tertiary/aromatic N) is 3. The highest BCUT2D eigenvalue weighted by molar-refractivity contribution is 6.31. The summed E-state index contributed by atoms with van der Waals surface area (Å²) in [6.45, 7) is 5.61. The van der Waals surface area contributed by atoms with E-state index in [1.807, 2.05) is 12.1 Å². The van der Waals surface area contributed by atoms with Crippen LogP contribution in [-0.4, -0.2) is 48.5 Å². The zero-order valence-electron chi connectivity index (χ0n) is 17.8. The monoisotopic (exact) mass is 444 g/mol. The van der Waals surface area contributed by atoms with E-state index < -0.39 is 5.82 Å². The Morgan fingerprint density at radius 2 is 1.90 bits per heavy atom. The fourth-order valence-corrected chi connectivity index (χ4v) is 4.74. The van der Waals surface area contributed by atoms with Crippen LogP contribution in [0.25, 0.3) is 0 Å². The summed E-state index contributed by atoms with van der Waals surface area (Å²) in [5.41, 5.74) is 0.984. The van der Waals surface area contributed by atoms with Crippen molar-refractivity contribution < 1.29 is 9.18 Å². The number of anilines is 2. The Morgan fingerprint density at radius 3 is 2.65 bits per heavy atom. The third kappa shape index (κ3) is 5.74. The summed E-state index contributed by atoms with van der Waals surface area (Å²) in [4.78, 5) is 22.1. The average Bonchev–Trinajstić information content (AvgIpc) is 2.81. The van der Waals surface area contributed by atoms with E-state index in [1.165, 1.54) is 63.5 Å². The van der Waals surface area contributed by atoms with Crippen LogP contribution in [0.15, 0.2) is 36.5 Å². The molecule has 4 rings (SSSR count). The van der Waals surface area contributed by atoms with Crippen molar-refractivity contribution in [2.45, 2.75) is 38.5 Å². The van der Waals surface area contributed by atoms with Gasteiger partial charge in [0.1, 0.15) is 5.82 Å². The molecule has 0 spiro atoms. The van der Waals surface area contributed by atoms with E-state index in [0.717, 1.165) is 37.7 Å². The van der Waals surface area contributed by atoms with Crippen molar-refractivity contribution in [1.29, 1.82) is 0 Å². The van der Waals surface area contributed by atoms with Crippen LogP contribution < -0.4 is 10.2 Å². The van der Waals surface area contributed by atoms with Crippen molar-refractivity contribution in [1.82, 2.24) is 9.88 Å². The van der Waals surface area contributed by atoms with E-state index in [4.69, 9.17) is 11.6 Å². The first-order valence-electron chi connectivity index (χ1n) is 11.3. The Labute approximate surface area is 188 Å². The lowest BCUT2D eigenvalue weighted by Gasteiger charge is -2.35. The SMILES string of the molecule is O=C(Nc1cccnc1N1CCC(CCN2CCCCC2)CC1)c1ccc(F)c(Cl)c1. The maximum Gasteiger partial charge on any atom is 0.255 e. The van der Waals surface area contributed by atoms with Crippen LogP contribution in [0.2, 0.25) is 5.02 Å². The van der Waals surface area contributed by atoms with Crippen LogP contribution >= 0.6 is 11.6 Å². The molecule has 1 aromatic heterocycles. The van der Waals surface area contributed by atoms with Gasteiger partial charge in [0.2, 0.25) is 0 Å². The van der Waals surface area contributed by atoms with Gasteiger partial charge in [-0.05, 0) is 88.0 Å². The van der Waals surface area contributed by atoms with Crippen molar-refractivity contribution in [3.8, 4) is 0 Å². The molecule has 0 atom stereocenters. The Balaban J connectivity index is 1.34. The number of carbonyl (C=O) groups excluding carboxylic acids is 1. The van der Waals surface area contributed by atoms with Gasteiger partial charge < -0.3 is 15.1 Å². The van der Waals surface area contributed by atoms with Crippen molar-refractivity contribution in [2.75, 3.05) is 42.9 Å². The van der Waals surface area contributed by atoms with Gasteiger partial charge in [-0.3, -0.25) is 4.79 Å². The average molecular weight is 445 g/mol. The number of amides is 1. The first-order chi connectivity index (χ1) is 15.1. The van der Waals surface area contributed by atoms with E-state index in [2.05, 4.69) is 20.1 Å². The molecule has 2 aromatic rings. The molecular formula is C24H30ClFN4O. The lowest BCUT2D eigenvalue weighted by Crippen LogP contribution is -2.37. The third-order valence-corrected chi connectivity index (χ3v) is 6.72. The van der Waals surface area contributed by atoms with Crippen molar-refractivity contribution in [2.24, 2.45) is 5.92 Å². The van der Waals surface area contributed by atoms with Crippen molar-refractivity contribution in [3.63, 3.8) is 0 Å². The molecule has 1 amide bonds. The summed E-state index contributed by atoms with van der Waals surface area (Å²) in [5.74, 6) is 0.677. The van der Waals surface area contributed by atoms with E-state index in [0.29, 0.717) is 11.3 Å². The van der Waals surface area contributed by atoms with Crippen molar-refractivity contribution >= 4 is 29.0 Å². The molecule has 0 unspecified atom stereocenters. The van der Waals surface area contributed by atoms with Gasteiger partial charge in [-0.15, -0.1) is 0 Å². The first kappa shape index (κ1) is 22.0. The molecule has 7 heteroatoms. The van der Waals surface area contributed by atoms with Crippen LogP contribution in [0.3, 0.4) is 0 Å². The number of pyridine rings is 1. The molecule has 31 heavy (non-hydrogen) atoms. The normalized spacial score (nSPS) is 18.2. The lowest BCUT2D eigenvalue weighted by atomic mass is 9.93. The first-order valence-corrected chi connectivity index (χ1v) is 11.7. The zero-order valence-corrected chi connectivity index (χ0v) is 18.6. The fraction of sp³-hybridized carbons (Fsp3) is 0.500. The summed E-state index contributed by atoms with van der Waals surface area (Å²) < 4.78 is 13.4. The van der Waals surface area contributed by atoms with Crippen molar-refractivity contribution in [3.05, 3.63) is 52.9 Å². The molecule has 1 aromatic carbocycles. The standard InChI is InChI=1S/C24H30ClFN4O/c25-20-17-19(6-7-21(20)26)24(31)28-22-5-4-11-27-23(22)30-15-9-18(10-16-30)8-14-29-12-2-1-3-13-29/h4-7,11,17-18H,1-3,8-10,12-16H2,(H,28,31). The smallest absolute Gasteiger partial charge is 0.255 e. The largest absolute Gasteiger partial charge is 0.355 e. The summed E-state index contributed by atoms with van der Waals surface area (Å²) in [7, 11) is 0. The van der Waals surface area contributed by atoms with Crippen LogP contribution in [0, 0.1) is 11.7 Å². The molecule has 1 N–H and O–H groups in total. The van der Waals surface area contributed by atoms with Gasteiger partial charge in [0.05, 0.1) is 10.7 Å². The minimum Gasteiger partial charge on any atom is -0.355 e. The quantitative estimate of drug-likeness (QED) is 0.663. The highest BCUT2D eigenvalue weighted by atomic mass is 35.5. The van der Waals surface area contributed by atoms with E-state index in [-0.39, 0.29) is 10.9 Å². The predicted octanol–water partition coefficient (Wildman–Crippen LogP) is 5.22. The number of nitrogens with one attached hydrogen (secondary N) is 1. The summed E-state index contributed by atoms with van der Waals surface area (Å²) >= 11 is 5.82. The molecule has 2 aliphatic rings. The minimum absolute atomic E-state index is 0.0642. The molecule has 2 saturated heterocycles. The highest BCUT2D eigenvalue weighted by Gasteiger charge is 2.23. The molecule has 0 aliphatic carbocycles. The van der Waals surface area contributed by atoms with Gasteiger partial charge in [-0.25, -0.2) is 9.37 Å². The number of hydrogen-bond acceptors (Lipinski definition) is 4. The van der Waals surface area contributed by atoms with E-state index in [1.54, 1.807) is 6.20 Å². The number of rotatable bonds is 6. The summed E-state index contributed by atoms with van der Waals surface area (Å²) in [6.07, 6.45) is 9.38. The number of hydrogen-bond donors (Lipinski definition) is 1. The molecule has 3 heterocycles. The Kier molecular flexibility index (Phi) is 7.41. The molecule has 2 fully saturated rings. The predicted molar refractivity (Wildman–Crippen MR) is 123 cm³/mol. The Morgan fingerprint density at radius 1 is 1.13 bits per heavy atom. The van der Waals surface area contributed by atoms with Crippen LogP contribution in [-0.2, 0) is 0 Å².